The Morgan fingerprint density at radius 3 is 2.95 bits per heavy atom. The van der Waals surface area contributed by atoms with Crippen LogP contribution in [0.5, 0.6) is 0 Å². The summed E-state index contributed by atoms with van der Waals surface area (Å²) >= 11 is 0. The number of nitrogens with one attached hydrogen (secondary N) is 1. The van der Waals surface area contributed by atoms with E-state index < -0.39 is 0 Å². The first-order valence-corrected chi connectivity index (χ1v) is 8.49. The average Bonchev–Trinajstić information content (AvgIpc) is 2.99. The van der Waals surface area contributed by atoms with Crippen molar-refractivity contribution in [2.75, 3.05) is 33.3 Å². The molecule has 0 aliphatic carbocycles. The Balaban J connectivity index is 2.26. The third-order valence-corrected chi connectivity index (χ3v) is 3.83. The molecule has 0 amide bonds. The number of guanidine groups is 1. The average molecular weight is 295 g/mol. The van der Waals surface area contributed by atoms with E-state index in [9.17, 15) is 0 Å². The van der Waals surface area contributed by atoms with Gasteiger partial charge in [0.05, 0.1) is 6.10 Å². The first-order chi connectivity index (χ1) is 10.3. The van der Waals surface area contributed by atoms with Gasteiger partial charge in [0.2, 0.25) is 0 Å². The molecule has 0 spiro atoms. The van der Waals surface area contributed by atoms with Crippen LogP contribution in [0.1, 0.15) is 51.9 Å². The first kappa shape index (κ1) is 18.0. The van der Waals surface area contributed by atoms with Crippen LogP contribution in [0, 0.1) is 0 Å². The molecular weight excluding hydrogens is 262 g/mol. The zero-order valence-corrected chi connectivity index (χ0v) is 13.9. The molecule has 1 aliphatic rings. The molecule has 1 fully saturated rings. The van der Waals surface area contributed by atoms with Crippen LogP contribution in [0.4, 0.5) is 0 Å². The van der Waals surface area contributed by atoms with E-state index in [0.29, 0.717) is 6.10 Å². The van der Waals surface area contributed by atoms with E-state index in [-0.39, 0.29) is 0 Å². The first-order valence-electron chi connectivity index (χ1n) is 8.49. The van der Waals surface area contributed by atoms with Gasteiger partial charge in [-0.25, -0.2) is 0 Å². The van der Waals surface area contributed by atoms with E-state index in [1.807, 2.05) is 6.08 Å². The van der Waals surface area contributed by atoms with Crippen LogP contribution in [0.25, 0.3) is 0 Å². The second-order valence-electron chi connectivity index (χ2n) is 5.72. The highest BCUT2D eigenvalue weighted by Gasteiger charge is 2.14. The summed E-state index contributed by atoms with van der Waals surface area (Å²) in [6, 6.07) is 0. The Morgan fingerprint density at radius 2 is 2.29 bits per heavy atom. The van der Waals surface area contributed by atoms with Crippen LogP contribution in [-0.4, -0.2) is 50.3 Å². The predicted molar refractivity (Wildman–Crippen MR) is 90.9 cm³/mol. The van der Waals surface area contributed by atoms with Crippen LogP contribution < -0.4 is 5.32 Å². The SMILES string of the molecule is C=CCCCCCN(C)C(=NCCC1CCCO1)NCC. The maximum absolute atomic E-state index is 5.65. The molecule has 0 radical (unpaired) electrons. The number of hydrogen-bond donors (Lipinski definition) is 1. The molecule has 4 heteroatoms. The molecular formula is C17H33N3O. The lowest BCUT2D eigenvalue weighted by molar-refractivity contribution is 0.106. The van der Waals surface area contributed by atoms with Gasteiger partial charge in [-0.3, -0.25) is 4.99 Å². The molecule has 1 aliphatic heterocycles. The molecule has 1 heterocycles. The number of allylic oxidation sites excluding steroid dienone is 1. The minimum atomic E-state index is 0.431. The van der Waals surface area contributed by atoms with Gasteiger partial charge in [-0.2, -0.15) is 0 Å². The topological polar surface area (TPSA) is 36.9 Å². The lowest BCUT2D eigenvalue weighted by atomic mass is 10.2. The highest BCUT2D eigenvalue weighted by molar-refractivity contribution is 5.79. The van der Waals surface area contributed by atoms with Crippen molar-refractivity contribution in [3.8, 4) is 0 Å². The maximum Gasteiger partial charge on any atom is 0.193 e. The van der Waals surface area contributed by atoms with E-state index in [4.69, 9.17) is 9.73 Å². The minimum Gasteiger partial charge on any atom is -0.378 e. The van der Waals surface area contributed by atoms with E-state index >= 15 is 0 Å². The Bertz CT molecular complexity index is 298. The third kappa shape index (κ3) is 8.10. The Hall–Kier alpha value is -1.03. The molecule has 1 N–H and O–H groups in total. The third-order valence-electron chi connectivity index (χ3n) is 3.83. The number of ether oxygens (including phenoxy) is 1. The van der Waals surface area contributed by atoms with Crippen LogP contribution in [0.3, 0.4) is 0 Å². The summed E-state index contributed by atoms with van der Waals surface area (Å²) in [7, 11) is 2.13. The van der Waals surface area contributed by atoms with Gasteiger partial charge in [0, 0.05) is 33.3 Å². The molecule has 0 aromatic heterocycles. The highest BCUT2D eigenvalue weighted by Crippen LogP contribution is 2.15. The fourth-order valence-electron chi connectivity index (χ4n) is 2.58. The quantitative estimate of drug-likeness (QED) is 0.291. The molecule has 1 atom stereocenters. The van der Waals surface area contributed by atoms with Crippen LogP contribution in [-0.2, 0) is 4.74 Å². The summed E-state index contributed by atoms with van der Waals surface area (Å²) in [6.07, 6.45) is 10.7. The summed E-state index contributed by atoms with van der Waals surface area (Å²) in [5.41, 5.74) is 0. The van der Waals surface area contributed by atoms with Crippen molar-refractivity contribution in [1.29, 1.82) is 0 Å². The predicted octanol–water partition coefficient (Wildman–Crippen LogP) is 3.20. The number of hydrogen-bond acceptors (Lipinski definition) is 2. The molecule has 0 saturated carbocycles. The second-order valence-corrected chi connectivity index (χ2v) is 5.72. The molecule has 4 nitrogen and oxygen atoms in total. The van der Waals surface area contributed by atoms with Crippen molar-refractivity contribution >= 4 is 5.96 Å². The fraction of sp³-hybridized carbons (Fsp3) is 0.824. The van der Waals surface area contributed by atoms with Crippen molar-refractivity contribution in [3.63, 3.8) is 0 Å². The standard InChI is InChI=1S/C17H33N3O/c1-4-6-7-8-9-14-20(3)17(18-5-2)19-13-12-16-11-10-15-21-16/h4,16H,1,5-15H2,2-3H3,(H,18,19). The number of unbranched alkanes of at least 4 members (excludes halogenated alkanes) is 3. The van der Waals surface area contributed by atoms with E-state index in [0.717, 1.165) is 45.0 Å². The number of nitrogens with zero attached hydrogens (tertiary/aromatic N) is 2. The fourth-order valence-corrected chi connectivity index (χ4v) is 2.58. The summed E-state index contributed by atoms with van der Waals surface area (Å²) in [5.74, 6) is 1.03. The van der Waals surface area contributed by atoms with Gasteiger partial charge < -0.3 is 15.0 Å². The Kier molecular flexibility index (Phi) is 9.96. The van der Waals surface area contributed by atoms with Gasteiger partial charge in [-0.05, 0) is 45.4 Å². The largest absolute Gasteiger partial charge is 0.378 e. The van der Waals surface area contributed by atoms with Gasteiger partial charge in [-0.1, -0.05) is 12.5 Å². The lowest BCUT2D eigenvalue weighted by Crippen LogP contribution is -2.39. The molecule has 0 aromatic rings. The number of aliphatic imine (C=N–C) groups is 1. The van der Waals surface area contributed by atoms with E-state index in [1.165, 1.54) is 32.1 Å². The Labute approximate surface area is 130 Å². The second kappa shape index (κ2) is 11.6. The normalized spacial score (nSPS) is 18.8. The summed E-state index contributed by atoms with van der Waals surface area (Å²) in [6.45, 7) is 9.64. The summed E-state index contributed by atoms with van der Waals surface area (Å²) in [5, 5.41) is 3.38. The Morgan fingerprint density at radius 1 is 1.43 bits per heavy atom. The summed E-state index contributed by atoms with van der Waals surface area (Å²) < 4.78 is 5.65. The molecule has 1 rings (SSSR count). The smallest absolute Gasteiger partial charge is 0.193 e. The lowest BCUT2D eigenvalue weighted by Gasteiger charge is -2.22. The van der Waals surface area contributed by atoms with Gasteiger partial charge in [0.25, 0.3) is 0 Å². The molecule has 21 heavy (non-hydrogen) atoms. The maximum atomic E-state index is 5.65. The van der Waals surface area contributed by atoms with E-state index in [1.54, 1.807) is 0 Å². The van der Waals surface area contributed by atoms with Gasteiger partial charge in [0.15, 0.2) is 5.96 Å². The van der Waals surface area contributed by atoms with Crippen molar-refractivity contribution in [3.05, 3.63) is 12.7 Å². The van der Waals surface area contributed by atoms with Gasteiger partial charge >= 0.3 is 0 Å². The van der Waals surface area contributed by atoms with Crippen LogP contribution in [0.2, 0.25) is 0 Å². The number of rotatable bonds is 10. The van der Waals surface area contributed by atoms with Crippen LogP contribution >= 0.6 is 0 Å². The highest BCUT2D eigenvalue weighted by atomic mass is 16.5. The molecule has 0 bridgehead atoms. The molecule has 122 valence electrons. The monoisotopic (exact) mass is 295 g/mol. The van der Waals surface area contributed by atoms with Crippen molar-refractivity contribution in [1.82, 2.24) is 10.2 Å². The molecule has 1 saturated heterocycles. The zero-order chi connectivity index (χ0) is 15.3. The zero-order valence-electron chi connectivity index (χ0n) is 13.9. The van der Waals surface area contributed by atoms with Crippen molar-refractivity contribution in [2.45, 2.75) is 58.0 Å². The summed E-state index contributed by atoms with van der Waals surface area (Å²) in [4.78, 5) is 6.97. The minimum absolute atomic E-state index is 0.431. The molecule has 0 aromatic carbocycles. The van der Waals surface area contributed by atoms with Gasteiger partial charge in [-0.15, -0.1) is 6.58 Å². The van der Waals surface area contributed by atoms with Crippen molar-refractivity contribution < 1.29 is 4.74 Å². The van der Waals surface area contributed by atoms with E-state index in [2.05, 4.69) is 30.8 Å². The van der Waals surface area contributed by atoms with Crippen molar-refractivity contribution in [2.24, 2.45) is 4.99 Å². The molecule has 1 unspecified atom stereocenters. The van der Waals surface area contributed by atoms with Crippen LogP contribution in [0.15, 0.2) is 17.6 Å². The van der Waals surface area contributed by atoms with Gasteiger partial charge in [0.1, 0.15) is 0 Å².